The van der Waals surface area contributed by atoms with Gasteiger partial charge in [-0.05, 0) is 37.6 Å². The van der Waals surface area contributed by atoms with E-state index in [0.29, 0.717) is 0 Å². The zero-order chi connectivity index (χ0) is 18.8. The maximum absolute atomic E-state index is 12.7. The third-order valence-corrected chi connectivity index (χ3v) is 5.82. The predicted octanol–water partition coefficient (Wildman–Crippen LogP) is 3.99. The van der Waals surface area contributed by atoms with Crippen LogP contribution in [0.5, 0.6) is 0 Å². The van der Waals surface area contributed by atoms with Crippen LogP contribution in [0.1, 0.15) is 17.8 Å². The van der Waals surface area contributed by atoms with Crippen molar-refractivity contribution < 1.29 is 21.6 Å². The second-order valence-electron chi connectivity index (χ2n) is 5.17. The lowest BCUT2D eigenvalue weighted by Crippen LogP contribution is -2.25. The van der Waals surface area contributed by atoms with Gasteiger partial charge in [0.25, 0.3) is 0 Å². The summed E-state index contributed by atoms with van der Waals surface area (Å²) in [5.74, 6) is 0. The van der Waals surface area contributed by atoms with Crippen LogP contribution in [0.3, 0.4) is 0 Å². The van der Waals surface area contributed by atoms with Crippen LogP contribution in [-0.4, -0.2) is 24.7 Å². The fourth-order valence-electron chi connectivity index (χ4n) is 2.06. The van der Waals surface area contributed by atoms with Crippen molar-refractivity contribution in [1.29, 1.82) is 0 Å². The zero-order valence-corrected chi connectivity index (χ0v) is 16.1. The summed E-state index contributed by atoms with van der Waals surface area (Å²) in [6, 6.07) is 6.09. The van der Waals surface area contributed by atoms with Gasteiger partial charge in [-0.25, -0.2) is 13.1 Å². The number of alkyl halides is 3. The van der Waals surface area contributed by atoms with Crippen molar-refractivity contribution in [3.8, 4) is 0 Å². The quantitative estimate of drug-likeness (QED) is 0.663. The molecule has 1 aromatic carbocycles. The molecule has 0 amide bonds. The summed E-state index contributed by atoms with van der Waals surface area (Å²) in [7, 11) is -3.67. The third kappa shape index (κ3) is 4.96. The molecule has 11 heteroatoms. The van der Waals surface area contributed by atoms with Crippen LogP contribution in [0.25, 0.3) is 0 Å². The van der Waals surface area contributed by atoms with Gasteiger partial charge in [-0.15, -0.1) is 0 Å². The SMILES string of the molecule is Cc1c(Cl)c(C(F)(F)F)nn1CCCNS(=O)(=O)c1ccc(Br)cc1. The van der Waals surface area contributed by atoms with Crippen LogP contribution in [-0.2, 0) is 22.7 Å². The molecule has 0 bridgehead atoms. The van der Waals surface area contributed by atoms with Crippen LogP contribution in [0.2, 0.25) is 5.02 Å². The first-order chi connectivity index (χ1) is 11.5. The Balaban J connectivity index is 1.96. The van der Waals surface area contributed by atoms with Gasteiger partial charge < -0.3 is 0 Å². The number of hydrogen-bond acceptors (Lipinski definition) is 3. The molecule has 2 aromatic rings. The number of aryl methyl sites for hydroxylation is 1. The lowest BCUT2D eigenvalue weighted by atomic mass is 10.3. The molecule has 1 N–H and O–H groups in total. The highest BCUT2D eigenvalue weighted by molar-refractivity contribution is 9.10. The number of hydrogen-bond donors (Lipinski definition) is 1. The number of benzene rings is 1. The standard InChI is InChI=1S/C14H14BrClF3N3O2S/c1-9-12(16)13(14(17,18)19)21-22(9)8-2-7-20-25(23,24)11-5-3-10(15)4-6-11/h3-6,20H,2,7-8H2,1H3. The largest absolute Gasteiger partial charge is 0.436 e. The molecule has 0 atom stereocenters. The van der Waals surface area contributed by atoms with E-state index in [2.05, 4.69) is 25.8 Å². The highest BCUT2D eigenvalue weighted by Crippen LogP contribution is 2.35. The molecule has 5 nitrogen and oxygen atoms in total. The summed E-state index contributed by atoms with van der Waals surface area (Å²) < 4.78 is 66.7. The highest BCUT2D eigenvalue weighted by atomic mass is 79.9. The molecule has 2 rings (SSSR count). The van der Waals surface area contributed by atoms with Crippen LogP contribution < -0.4 is 4.72 Å². The van der Waals surface area contributed by atoms with E-state index in [-0.39, 0.29) is 30.1 Å². The second kappa shape index (κ2) is 7.65. The average molecular weight is 461 g/mol. The van der Waals surface area contributed by atoms with Gasteiger partial charge in [-0.1, -0.05) is 27.5 Å². The van der Waals surface area contributed by atoms with Crippen molar-refractivity contribution in [2.24, 2.45) is 0 Å². The van der Waals surface area contributed by atoms with Gasteiger partial charge >= 0.3 is 6.18 Å². The van der Waals surface area contributed by atoms with Gasteiger partial charge in [-0.2, -0.15) is 18.3 Å². The summed E-state index contributed by atoms with van der Waals surface area (Å²) in [6.07, 6.45) is -4.37. The van der Waals surface area contributed by atoms with Gasteiger partial charge in [0.1, 0.15) is 0 Å². The first-order valence-corrected chi connectivity index (χ1v) is 9.73. The average Bonchev–Trinajstić information content (AvgIpc) is 2.80. The fourth-order valence-corrected chi connectivity index (χ4v) is 3.64. The van der Waals surface area contributed by atoms with Crippen LogP contribution in [0.15, 0.2) is 33.6 Å². The van der Waals surface area contributed by atoms with E-state index in [4.69, 9.17) is 11.6 Å². The van der Waals surface area contributed by atoms with Crippen molar-refractivity contribution >= 4 is 37.6 Å². The van der Waals surface area contributed by atoms with E-state index >= 15 is 0 Å². The fraction of sp³-hybridized carbons (Fsp3) is 0.357. The minimum atomic E-state index is -4.63. The summed E-state index contributed by atoms with van der Waals surface area (Å²) in [4.78, 5) is 0.105. The molecule has 25 heavy (non-hydrogen) atoms. The molecule has 0 unspecified atom stereocenters. The Kier molecular flexibility index (Phi) is 6.18. The summed E-state index contributed by atoms with van der Waals surface area (Å²) >= 11 is 8.87. The Morgan fingerprint density at radius 1 is 1.28 bits per heavy atom. The van der Waals surface area contributed by atoms with Gasteiger partial charge in [0.15, 0.2) is 5.69 Å². The minimum Gasteiger partial charge on any atom is -0.268 e. The molecule has 0 saturated carbocycles. The van der Waals surface area contributed by atoms with E-state index in [1.54, 1.807) is 12.1 Å². The molecule has 0 aliphatic heterocycles. The molecule has 0 radical (unpaired) electrons. The van der Waals surface area contributed by atoms with Gasteiger partial charge in [-0.3, -0.25) is 4.68 Å². The molecule has 0 aliphatic carbocycles. The van der Waals surface area contributed by atoms with Crippen molar-refractivity contribution in [1.82, 2.24) is 14.5 Å². The highest BCUT2D eigenvalue weighted by Gasteiger charge is 2.38. The Morgan fingerprint density at radius 3 is 2.40 bits per heavy atom. The number of halogens is 5. The van der Waals surface area contributed by atoms with Crippen molar-refractivity contribution in [3.63, 3.8) is 0 Å². The Morgan fingerprint density at radius 2 is 1.88 bits per heavy atom. The van der Waals surface area contributed by atoms with Crippen LogP contribution >= 0.6 is 27.5 Å². The van der Waals surface area contributed by atoms with Gasteiger partial charge in [0.05, 0.1) is 15.6 Å². The van der Waals surface area contributed by atoms with E-state index in [9.17, 15) is 21.6 Å². The second-order valence-corrected chi connectivity index (χ2v) is 8.23. The molecule has 0 saturated heterocycles. The van der Waals surface area contributed by atoms with Gasteiger partial charge in [0, 0.05) is 17.6 Å². The lowest BCUT2D eigenvalue weighted by Gasteiger charge is -2.08. The topological polar surface area (TPSA) is 64.0 Å². The van der Waals surface area contributed by atoms with Crippen molar-refractivity contribution in [3.05, 3.63) is 45.1 Å². The number of nitrogens with zero attached hydrogens (tertiary/aromatic N) is 2. The smallest absolute Gasteiger partial charge is 0.268 e. The molecule has 138 valence electrons. The number of nitrogens with one attached hydrogen (secondary N) is 1. The molecule has 1 aromatic heterocycles. The first-order valence-electron chi connectivity index (χ1n) is 7.07. The maximum atomic E-state index is 12.7. The Hall–Kier alpha value is -1.10. The Labute approximate surface area is 156 Å². The zero-order valence-electron chi connectivity index (χ0n) is 12.9. The number of sulfonamides is 1. The number of aromatic nitrogens is 2. The van der Waals surface area contributed by atoms with E-state index in [1.807, 2.05) is 0 Å². The van der Waals surface area contributed by atoms with E-state index in [0.717, 1.165) is 9.15 Å². The maximum Gasteiger partial charge on any atom is 0.436 e. The summed E-state index contributed by atoms with van der Waals surface area (Å²) in [5.41, 5.74) is -0.952. The lowest BCUT2D eigenvalue weighted by molar-refractivity contribution is -0.141. The van der Waals surface area contributed by atoms with Crippen molar-refractivity contribution in [2.45, 2.75) is 31.0 Å². The predicted molar refractivity (Wildman–Crippen MR) is 90.9 cm³/mol. The van der Waals surface area contributed by atoms with Crippen LogP contribution in [0.4, 0.5) is 13.2 Å². The third-order valence-electron chi connectivity index (χ3n) is 3.36. The summed E-state index contributed by atoms with van der Waals surface area (Å²) in [5, 5.41) is 3.02. The number of rotatable bonds is 6. The van der Waals surface area contributed by atoms with E-state index in [1.165, 1.54) is 19.1 Å². The van der Waals surface area contributed by atoms with Crippen LogP contribution in [0, 0.1) is 6.92 Å². The van der Waals surface area contributed by atoms with E-state index < -0.39 is 26.9 Å². The monoisotopic (exact) mass is 459 g/mol. The molecular formula is C14H14BrClF3N3O2S. The molecule has 1 heterocycles. The molecular weight excluding hydrogens is 447 g/mol. The molecule has 0 spiro atoms. The van der Waals surface area contributed by atoms with Gasteiger partial charge in [0.2, 0.25) is 10.0 Å². The summed E-state index contributed by atoms with van der Waals surface area (Å²) in [6.45, 7) is 1.58. The normalized spacial score (nSPS) is 12.6. The Bertz CT molecular complexity index is 851. The minimum absolute atomic E-state index is 0.0522. The van der Waals surface area contributed by atoms with Crippen molar-refractivity contribution in [2.75, 3.05) is 6.54 Å². The molecule has 0 fully saturated rings. The first kappa shape index (κ1) is 20.2. The molecule has 0 aliphatic rings.